The summed E-state index contributed by atoms with van der Waals surface area (Å²) in [7, 11) is 0. The molecule has 0 bridgehead atoms. The number of anilines is 1. The van der Waals surface area contributed by atoms with Crippen LogP contribution in [0.15, 0.2) is 42.5 Å². The molecule has 5 rings (SSSR count). The number of nitrogens with zero attached hydrogens (tertiary/aromatic N) is 1. The Morgan fingerprint density at radius 2 is 1.77 bits per heavy atom. The number of ether oxygens (including phenoxy) is 1. The third kappa shape index (κ3) is 3.44. The fourth-order valence-corrected chi connectivity index (χ4v) is 5.37. The number of nitrogens with one attached hydrogen (secondary N) is 1. The standard InChI is InChI=1S/C24H23ClN2O4/c25-22-17(2-1-3-18(22)19-8-9-20(28)26-23(19)30)15-4-6-16(7-5-15)27-21(29)14-24(27)10-12-31-13-11-24/h1-7,19H,8-14H2,(H,26,28,30). The molecular formula is C24H23ClN2O4. The quantitative estimate of drug-likeness (QED) is 0.584. The van der Waals surface area contributed by atoms with Gasteiger partial charge in [0.1, 0.15) is 0 Å². The van der Waals surface area contributed by atoms with Crippen LogP contribution in [0.5, 0.6) is 0 Å². The maximum absolute atomic E-state index is 12.4. The molecular weight excluding hydrogens is 416 g/mol. The summed E-state index contributed by atoms with van der Waals surface area (Å²) in [6, 6.07) is 13.5. The molecule has 0 aromatic heterocycles. The molecule has 2 aromatic carbocycles. The molecule has 1 N–H and O–H groups in total. The first kappa shape index (κ1) is 20.2. The van der Waals surface area contributed by atoms with Crippen LogP contribution in [0.3, 0.4) is 0 Å². The number of imide groups is 1. The molecule has 160 valence electrons. The SMILES string of the molecule is O=C1CCC(c2cccc(-c3ccc(N4C(=O)CC45CCOCC5)cc3)c2Cl)C(=O)N1. The van der Waals surface area contributed by atoms with E-state index >= 15 is 0 Å². The number of hydrogen-bond acceptors (Lipinski definition) is 4. The van der Waals surface area contributed by atoms with E-state index in [0.717, 1.165) is 35.2 Å². The van der Waals surface area contributed by atoms with E-state index in [9.17, 15) is 14.4 Å². The molecule has 7 heteroatoms. The Bertz CT molecular complexity index is 1060. The molecule has 0 saturated carbocycles. The van der Waals surface area contributed by atoms with Crippen LogP contribution >= 0.6 is 11.6 Å². The van der Waals surface area contributed by atoms with E-state index < -0.39 is 5.92 Å². The van der Waals surface area contributed by atoms with Crippen LogP contribution in [0.4, 0.5) is 5.69 Å². The first-order chi connectivity index (χ1) is 15.0. The van der Waals surface area contributed by atoms with Crippen LogP contribution in [0.1, 0.15) is 43.6 Å². The van der Waals surface area contributed by atoms with Gasteiger partial charge in [0.25, 0.3) is 0 Å². The molecule has 0 radical (unpaired) electrons. The van der Waals surface area contributed by atoms with Crippen molar-refractivity contribution in [2.45, 2.75) is 43.6 Å². The summed E-state index contributed by atoms with van der Waals surface area (Å²) in [5.74, 6) is -0.834. The van der Waals surface area contributed by atoms with E-state index in [1.54, 1.807) is 0 Å². The van der Waals surface area contributed by atoms with Gasteiger partial charge in [0.15, 0.2) is 0 Å². The molecule has 3 saturated heterocycles. The largest absolute Gasteiger partial charge is 0.381 e. The van der Waals surface area contributed by atoms with E-state index in [2.05, 4.69) is 5.32 Å². The number of rotatable bonds is 3. The minimum atomic E-state index is -0.434. The van der Waals surface area contributed by atoms with E-state index in [1.165, 1.54) is 0 Å². The fourth-order valence-electron chi connectivity index (χ4n) is 5.00. The van der Waals surface area contributed by atoms with Crippen molar-refractivity contribution in [2.75, 3.05) is 18.1 Å². The Balaban J connectivity index is 1.42. The van der Waals surface area contributed by atoms with Gasteiger partial charge in [-0.15, -0.1) is 0 Å². The molecule has 1 spiro atoms. The minimum Gasteiger partial charge on any atom is -0.381 e. The zero-order valence-electron chi connectivity index (χ0n) is 17.0. The van der Waals surface area contributed by atoms with Gasteiger partial charge in [0.2, 0.25) is 17.7 Å². The number of carbonyl (C=O) groups excluding carboxylic acids is 3. The van der Waals surface area contributed by atoms with Crippen molar-refractivity contribution in [2.24, 2.45) is 0 Å². The van der Waals surface area contributed by atoms with Gasteiger partial charge in [0.05, 0.1) is 22.9 Å². The Labute approximate surface area is 185 Å². The normalized spacial score (nSPS) is 22.9. The summed E-state index contributed by atoms with van der Waals surface area (Å²) < 4.78 is 5.49. The highest BCUT2D eigenvalue weighted by molar-refractivity contribution is 6.34. The van der Waals surface area contributed by atoms with Crippen LogP contribution in [0.2, 0.25) is 5.02 Å². The first-order valence-electron chi connectivity index (χ1n) is 10.6. The minimum absolute atomic E-state index is 0.111. The summed E-state index contributed by atoms with van der Waals surface area (Å²) in [4.78, 5) is 38.1. The molecule has 6 nitrogen and oxygen atoms in total. The van der Waals surface area contributed by atoms with E-state index in [1.807, 2.05) is 47.4 Å². The lowest BCUT2D eigenvalue weighted by Gasteiger charge is -2.54. The lowest BCUT2D eigenvalue weighted by atomic mass is 9.77. The Morgan fingerprint density at radius 3 is 2.45 bits per heavy atom. The van der Waals surface area contributed by atoms with Gasteiger partial charge < -0.3 is 9.64 Å². The molecule has 3 aliphatic heterocycles. The van der Waals surface area contributed by atoms with Gasteiger partial charge >= 0.3 is 0 Å². The number of amides is 3. The van der Waals surface area contributed by atoms with Crippen molar-refractivity contribution in [3.63, 3.8) is 0 Å². The lowest BCUT2D eigenvalue weighted by Crippen LogP contribution is -2.66. The van der Waals surface area contributed by atoms with Gasteiger partial charge in [-0.3, -0.25) is 19.7 Å². The van der Waals surface area contributed by atoms with Crippen LogP contribution in [-0.4, -0.2) is 36.5 Å². The number of carbonyl (C=O) groups is 3. The number of hydrogen-bond donors (Lipinski definition) is 1. The average Bonchev–Trinajstić information content (AvgIpc) is 2.75. The predicted molar refractivity (Wildman–Crippen MR) is 117 cm³/mol. The van der Waals surface area contributed by atoms with Gasteiger partial charge in [-0.05, 0) is 42.5 Å². The lowest BCUT2D eigenvalue weighted by molar-refractivity contribution is -0.134. The van der Waals surface area contributed by atoms with Crippen molar-refractivity contribution >= 4 is 35.0 Å². The van der Waals surface area contributed by atoms with Crippen LogP contribution in [0, 0.1) is 0 Å². The van der Waals surface area contributed by atoms with E-state index in [4.69, 9.17) is 16.3 Å². The molecule has 31 heavy (non-hydrogen) atoms. The van der Waals surface area contributed by atoms with Crippen molar-refractivity contribution in [3.05, 3.63) is 53.1 Å². The molecule has 2 aromatic rings. The zero-order valence-corrected chi connectivity index (χ0v) is 17.8. The molecule has 3 aliphatic rings. The molecule has 3 amide bonds. The van der Waals surface area contributed by atoms with Crippen LogP contribution < -0.4 is 10.2 Å². The second kappa shape index (κ2) is 7.77. The smallest absolute Gasteiger partial charge is 0.234 e. The monoisotopic (exact) mass is 438 g/mol. The molecule has 1 unspecified atom stereocenters. The number of piperidine rings is 1. The number of benzene rings is 2. The highest BCUT2D eigenvalue weighted by atomic mass is 35.5. The fraction of sp³-hybridized carbons (Fsp3) is 0.375. The topological polar surface area (TPSA) is 75.7 Å². The summed E-state index contributed by atoms with van der Waals surface area (Å²) in [6.45, 7) is 1.37. The molecule has 3 heterocycles. The van der Waals surface area contributed by atoms with Gasteiger partial charge in [0, 0.05) is 30.9 Å². The number of β-lactam (4-membered cyclic amide) rings is 1. The zero-order chi connectivity index (χ0) is 21.6. The Morgan fingerprint density at radius 1 is 1.03 bits per heavy atom. The summed E-state index contributed by atoms with van der Waals surface area (Å²) in [5.41, 5.74) is 3.25. The van der Waals surface area contributed by atoms with Crippen LogP contribution in [-0.2, 0) is 19.1 Å². The van der Waals surface area contributed by atoms with E-state index in [0.29, 0.717) is 37.5 Å². The summed E-state index contributed by atoms with van der Waals surface area (Å²) in [5, 5.41) is 2.92. The number of halogens is 1. The van der Waals surface area contributed by atoms with Gasteiger partial charge in [-0.2, -0.15) is 0 Å². The third-order valence-electron chi connectivity index (χ3n) is 6.71. The first-order valence-corrected chi connectivity index (χ1v) is 11.0. The van der Waals surface area contributed by atoms with Crippen molar-refractivity contribution < 1.29 is 19.1 Å². The highest BCUT2D eigenvalue weighted by Crippen LogP contribution is 2.44. The Kier molecular flexibility index (Phi) is 5.07. The van der Waals surface area contributed by atoms with E-state index in [-0.39, 0.29) is 23.3 Å². The third-order valence-corrected chi connectivity index (χ3v) is 7.13. The summed E-state index contributed by atoms with van der Waals surface area (Å²) in [6.07, 6.45) is 3.07. The predicted octanol–water partition coefficient (Wildman–Crippen LogP) is 3.81. The average molecular weight is 439 g/mol. The second-order valence-corrected chi connectivity index (χ2v) is 8.88. The molecule has 0 aliphatic carbocycles. The highest BCUT2D eigenvalue weighted by Gasteiger charge is 2.52. The second-order valence-electron chi connectivity index (χ2n) is 8.50. The maximum atomic E-state index is 12.4. The van der Waals surface area contributed by atoms with Crippen molar-refractivity contribution in [1.82, 2.24) is 5.32 Å². The summed E-state index contributed by atoms with van der Waals surface area (Å²) >= 11 is 6.72. The maximum Gasteiger partial charge on any atom is 0.234 e. The molecule has 1 atom stereocenters. The molecule has 3 fully saturated rings. The van der Waals surface area contributed by atoms with Gasteiger partial charge in [-0.25, -0.2) is 0 Å². The van der Waals surface area contributed by atoms with Crippen molar-refractivity contribution in [1.29, 1.82) is 0 Å². The van der Waals surface area contributed by atoms with Crippen molar-refractivity contribution in [3.8, 4) is 11.1 Å². The van der Waals surface area contributed by atoms with Gasteiger partial charge in [-0.1, -0.05) is 41.9 Å². The van der Waals surface area contributed by atoms with Crippen LogP contribution in [0.25, 0.3) is 11.1 Å². The Hall–Kier alpha value is -2.70.